The third-order valence-corrected chi connectivity index (χ3v) is 8.54. The van der Waals surface area contributed by atoms with Crippen molar-refractivity contribution in [2.75, 3.05) is 4.90 Å². The Morgan fingerprint density at radius 2 is 1.07 bits per heavy atom. The van der Waals surface area contributed by atoms with Gasteiger partial charge in [-0.15, -0.1) is 0 Å². The van der Waals surface area contributed by atoms with E-state index in [2.05, 4.69) is 9.69 Å². The van der Waals surface area contributed by atoms with Gasteiger partial charge in [0.15, 0.2) is 11.4 Å². The molecule has 54 heavy (non-hydrogen) atoms. The predicted octanol–water partition coefficient (Wildman–Crippen LogP) is 12.1. The number of hydrogen-bond donors (Lipinski definition) is 0. The minimum atomic E-state index is -1.09. The van der Waals surface area contributed by atoms with Crippen LogP contribution in [-0.2, 0) is 5.54 Å². The standard InChI is InChI=1S/C42H23N5O3.2C2H6/c1-45-39-23-22-36(25-40(39)46-2)50-34-20-15-31(16-21-34)42(38-11-7-6-10-37(38)41(48)47(42)32-8-4-3-5-9-32)30-13-18-33(19-14-30)49-35-17-12-28(26-43)29(24-35)27-44;2*1-2/h3-25H;2*1-2H3. The fraction of sp³-hybridized carbons (Fsp3) is 0.109. The van der Waals surface area contributed by atoms with Gasteiger partial charge in [-0.25, -0.2) is 4.85 Å². The summed E-state index contributed by atoms with van der Waals surface area (Å²) in [4.78, 5) is 23.0. The van der Waals surface area contributed by atoms with Crippen LogP contribution in [0.3, 0.4) is 0 Å². The molecule has 7 rings (SSSR count). The fourth-order valence-electron chi connectivity index (χ4n) is 6.33. The number of nitriles is 2. The third kappa shape index (κ3) is 6.97. The van der Waals surface area contributed by atoms with Gasteiger partial charge < -0.3 is 9.47 Å². The lowest BCUT2D eigenvalue weighted by Gasteiger charge is -2.40. The lowest BCUT2D eigenvalue weighted by Crippen LogP contribution is -2.46. The Kier molecular flexibility index (Phi) is 11.9. The third-order valence-electron chi connectivity index (χ3n) is 8.54. The number of nitrogens with zero attached hydrogens (tertiary/aromatic N) is 5. The van der Waals surface area contributed by atoms with Crippen LogP contribution in [0, 0.1) is 35.8 Å². The largest absolute Gasteiger partial charge is 0.459 e. The maximum atomic E-state index is 14.4. The maximum absolute atomic E-state index is 14.4. The zero-order valence-corrected chi connectivity index (χ0v) is 30.2. The molecule has 0 N–H and O–H groups in total. The van der Waals surface area contributed by atoms with Gasteiger partial charge in [0.05, 0.1) is 24.3 Å². The number of carbonyl (C=O) groups excluding carboxylic acids is 1. The SMILES string of the molecule is CC.CC.[C-]#[N+]c1ccc(Oc2ccc(C3(c4ccc(Oc5ccc(C#N)c(C#N)c5)cc4)c4ccccc4C(=O)N3c3ccccc3)cc2)cc1[N+]#[C-]. The number of hydrogen-bond acceptors (Lipinski definition) is 5. The molecule has 0 aromatic heterocycles. The maximum Gasteiger partial charge on any atom is 0.260 e. The summed E-state index contributed by atoms with van der Waals surface area (Å²) in [6.07, 6.45) is 0. The number of amides is 1. The smallest absolute Gasteiger partial charge is 0.260 e. The van der Waals surface area contributed by atoms with Crippen LogP contribution >= 0.6 is 0 Å². The molecule has 0 bridgehead atoms. The van der Waals surface area contributed by atoms with E-state index in [1.807, 2.05) is 148 Å². The Hall–Kier alpha value is -7.65. The van der Waals surface area contributed by atoms with E-state index in [4.69, 9.17) is 22.6 Å². The van der Waals surface area contributed by atoms with E-state index in [-0.39, 0.29) is 28.4 Å². The molecular weight excluding hydrogens is 671 g/mol. The highest BCUT2D eigenvalue weighted by molar-refractivity contribution is 6.13. The first kappa shape index (κ1) is 37.6. The first-order valence-corrected chi connectivity index (χ1v) is 17.4. The van der Waals surface area contributed by atoms with E-state index >= 15 is 0 Å². The number of carbonyl (C=O) groups is 1. The number of anilines is 1. The lowest BCUT2D eigenvalue weighted by atomic mass is 9.76. The topological polar surface area (TPSA) is 95.1 Å². The summed E-state index contributed by atoms with van der Waals surface area (Å²) in [5, 5.41) is 18.8. The van der Waals surface area contributed by atoms with Crippen molar-refractivity contribution in [1.29, 1.82) is 10.5 Å². The molecule has 1 amide bonds. The molecule has 1 aliphatic heterocycles. The highest BCUT2D eigenvalue weighted by Gasteiger charge is 2.52. The van der Waals surface area contributed by atoms with Gasteiger partial charge in [0.2, 0.25) is 0 Å². The molecule has 0 fully saturated rings. The van der Waals surface area contributed by atoms with Crippen molar-refractivity contribution in [3.8, 4) is 35.1 Å². The van der Waals surface area contributed by atoms with Gasteiger partial charge >= 0.3 is 0 Å². The molecular formula is C46H35N5O3. The summed E-state index contributed by atoms with van der Waals surface area (Å²) in [7, 11) is 0. The van der Waals surface area contributed by atoms with E-state index in [1.165, 1.54) is 6.07 Å². The summed E-state index contributed by atoms with van der Waals surface area (Å²) in [5.41, 5.74) is 3.56. The van der Waals surface area contributed by atoms with Crippen molar-refractivity contribution in [3.05, 3.63) is 196 Å². The van der Waals surface area contributed by atoms with Gasteiger partial charge in [-0.2, -0.15) is 10.5 Å². The van der Waals surface area contributed by atoms with Crippen LogP contribution in [0.1, 0.15) is 65.9 Å². The summed E-state index contributed by atoms with van der Waals surface area (Å²) < 4.78 is 12.2. The van der Waals surface area contributed by atoms with Crippen LogP contribution in [0.25, 0.3) is 9.69 Å². The molecule has 0 saturated heterocycles. The van der Waals surface area contributed by atoms with Gasteiger partial charge in [0, 0.05) is 11.3 Å². The Labute approximate surface area is 316 Å². The molecule has 0 radical (unpaired) electrons. The van der Waals surface area contributed by atoms with E-state index in [9.17, 15) is 15.3 Å². The number of fused-ring (bicyclic) bond motifs is 1. The van der Waals surface area contributed by atoms with E-state index in [0.717, 1.165) is 16.7 Å². The molecule has 6 aromatic carbocycles. The van der Waals surface area contributed by atoms with Crippen molar-refractivity contribution < 1.29 is 14.3 Å². The molecule has 6 aromatic rings. The van der Waals surface area contributed by atoms with E-state index < -0.39 is 5.54 Å². The van der Waals surface area contributed by atoms with Gasteiger partial charge in [0.1, 0.15) is 40.7 Å². The predicted molar refractivity (Wildman–Crippen MR) is 210 cm³/mol. The van der Waals surface area contributed by atoms with E-state index in [0.29, 0.717) is 34.2 Å². The second-order valence-electron chi connectivity index (χ2n) is 11.3. The zero-order valence-electron chi connectivity index (χ0n) is 30.2. The molecule has 0 aliphatic carbocycles. The van der Waals surface area contributed by atoms with Crippen molar-refractivity contribution >= 4 is 23.0 Å². The van der Waals surface area contributed by atoms with Crippen molar-refractivity contribution in [3.63, 3.8) is 0 Å². The molecule has 1 heterocycles. The quantitative estimate of drug-likeness (QED) is 0.154. The van der Waals surface area contributed by atoms with Gasteiger partial charge in [-0.3, -0.25) is 14.5 Å². The van der Waals surface area contributed by atoms with Crippen LogP contribution in [0.15, 0.2) is 140 Å². The number of para-hydroxylation sites is 1. The fourth-order valence-corrected chi connectivity index (χ4v) is 6.33. The molecule has 8 heteroatoms. The van der Waals surface area contributed by atoms with Crippen LogP contribution in [0.5, 0.6) is 23.0 Å². The summed E-state index contributed by atoms with van der Waals surface area (Å²) in [6.45, 7) is 22.7. The highest BCUT2D eigenvalue weighted by Crippen LogP contribution is 2.51. The zero-order chi connectivity index (χ0) is 38.7. The molecule has 1 atom stereocenters. The van der Waals surface area contributed by atoms with Gasteiger partial charge in [-0.1, -0.05) is 94.4 Å². The van der Waals surface area contributed by atoms with Crippen LogP contribution in [0.4, 0.5) is 17.1 Å². The first-order valence-electron chi connectivity index (χ1n) is 17.4. The summed E-state index contributed by atoms with van der Waals surface area (Å²) >= 11 is 0. The highest BCUT2D eigenvalue weighted by atomic mass is 16.5. The van der Waals surface area contributed by atoms with Crippen molar-refractivity contribution in [2.24, 2.45) is 0 Å². The van der Waals surface area contributed by atoms with Crippen molar-refractivity contribution in [2.45, 2.75) is 33.2 Å². The van der Waals surface area contributed by atoms with Gasteiger partial charge in [-0.05, 0) is 89.5 Å². The molecule has 1 aliphatic rings. The lowest BCUT2D eigenvalue weighted by molar-refractivity contribution is 0.0986. The van der Waals surface area contributed by atoms with E-state index in [1.54, 1.807) is 30.3 Å². The molecule has 1 unspecified atom stereocenters. The normalized spacial score (nSPS) is 13.6. The average molecular weight is 706 g/mol. The monoisotopic (exact) mass is 705 g/mol. The van der Waals surface area contributed by atoms with Crippen LogP contribution in [-0.4, -0.2) is 5.91 Å². The molecule has 262 valence electrons. The minimum absolute atomic E-state index is 0.152. The van der Waals surface area contributed by atoms with Crippen molar-refractivity contribution in [1.82, 2.24) is 0 Å². The Morgan fingerprint density at radius 3 is 1.63 bits per heavy atom. The summed E-state index contributed by atoms with van der Waals surface area (Å²) in [5.74, 6) is 1.71. The molecule has 0 spiro atoms. The summed E-state index contributed by atoms with van der Waals surface area (Å²) in [6, 6.07) is 45.6. The number of benzene rings is 6. The van der Waals surface area contributed by atoms with Crippen LogP contribution < -0.4 is 14.4 Å². The Bertz CT molecular complexity index is 2330. The number of ether oxygens (including phenoxy) is 2. The van der Waals surface area contributed by atoms with Crippen LogP contribution in [0.2, 0.25) is 0 Å². The Morgan fingerprint density at radius 1 is 0.574 bits per heavy atom. The molecule has 0 saturated carbocycles. The molecule has 8 nitrogen and oxygen atoms in total. The number of rotatable bonds is 7. The Balaban J connectivity index is 0.00000136. The average Bonchev–Trinajstić information content (AvgIpc) is 3.51. The first-order chi connectivity index (χ1) is 26.5. The minimum Gasteiger partial charge on any atom is -0.459 e. The van der Waals surface area contributed by atoms with Gasteiger partial charge in [0.25, 0.3) is 5.91 Å². The second-order valence-corrected chi connectivity index (χ2v) is 11.3. The second kappa shape index (κ2) is 17.0.